The summed E-state index contributed by atoms with van der Waals surface area (Å²) < 4.78 is 1.93. The van der Waals surface area contributed by atoms with Crippen LogP contribution in [-0.4, -0.2) is 28.0 Å². The highest BCUT2D eigenvalue weighted by atomic mass is 16.3. The highest BCUT2D eigenvalue weighted by Gasteiger charge is 2.32. The zero-order chi connectivity index (χ0) is 14.0. The largest absolute Gasteiger partial charge is 0.396 e. The Hall–Kier alpha value is -1.39. The van der Waals surface area contributed by atoms with Crippen LogP contribution in [0.15, 0.2) is 24.3 Å². The maximum atomic E-state index is 9.63. The standard InChI is InChI=1S/C16H23N3O/c1-19-15-7-3-2-6-13(15)14(18-19)10-17-11-16(12-20)8-4-5-9-16/h2-3,6-7,17,20H,4-5,8-12H2,1H3. The van der Waals surface area contributed by atoms with Crippen molar-refractivity contribution in [2.75, 3.05) is 13.2 Å². The summed E-state index contributed by atoms with van der Waals surface area (Å²) >= 11 is 0. The molecule has 0 atom stereocenters. The van der Waals surface area contributed by atoms with Crippen molar-refractivity contribution in [3.05, 3.63) is 30.0 Å². The fraction of sp³-hybridized carbons (Fsp3) is 0.562. The summed E-state index contributed by atoms with van der Waals surface area (Å²) in [6, 6.07) is 8.31. The zero-order valence-corrected chi connectivity index (χ0v) is 12.1. The van der Waals surface area contributed by atoms with Gasteiger partial charge in [0.05, 0.1) is 11.2 Å². The summed E-state index contributed by atoms with van der Waals surface area (Å²) in [5.41, 5.74) is 2.36. The minimum atomic E-state index is 0.102. The van der Waals surface area contributed by atoms with E-state index in [2.05, 4.69) is 28.6 Å². The van der Waals surface area contributed by atoms with Crippen molar-refractivity contribution in [2.45, 2.75) is 32.2 Å². The predicted octanol–water partition coefficient (Wildman–Crippen LogP) is 2.22. The maximum Gasteiger partial charge on any atom is 0.0841 e. The Bertz CT molecular complexity index is 584. The lowest BCUT2D eigenvalue weighted by Gasteiger charge is -2.26. The third kappa shape index (κ3) is 2.45. The van der Waals surface area contributed by atoms with Crippen molar-refractivity contribution in [3.8, 4) is 0 Å². The molecule has 2 aromatic rings. The summed E-state index contributed by atoms with van der Waals surface area (Å²) in [5.74, 6) is 0. The van der Waals surface area contributed by atoms with Crippen LogP contribution in [0.25, 0.3) is 10.9 Å². The van der Waals surface area contributed by atoms with Gasteiger partial charge in [-0.15, -0.1) is 0 Å². The van der Waals surface area contributed by atoms with Crippen LogP contribution >= 0.6 is 0 Å². The second kappa shape index (κ2) is 5.54. The molecule has 108 valence electrons. The zero-order valence-electron chi connectivity index (χ0n) is 12.1. The van der Waals surface area contributed by atoms with E-state index < -0.39 is 0 Å². The average Bonchev–Trinajstić information content (AvgIpc) is 3.06. The van der Waals surface area contributed by atoms with E-state index in [1.54, 1.807) is 0 Å². The Kier molecular flexibility index (Phi) is 3.76. The van der Waals surface area contributed by atoms with Crippen LogP contribution in [0.3, 0.4) is 0 Å². The lowest BCUT2D eigenvalue weighted by molar-refractivity contribution is 0.128. The first kappa shape index (κ1) is 13.6. The van der Waals surface area contributed by atoms with E-state index in [1.807, 2.05) is 17.8 Å². The highest BCUT2D eigenvalue weighted by molar-refractivity contribution is 5.81. The molecule has 4 nitrogen and oxygen atoms in total. The minimum Gasteiger partial charge on any atom is -0.396 e. The molecule has 0 aliphatic heterocycles. The van der Waals surface area contributed by atoms with Crippen LogP contribution < -0.4 is 5.32 Å². The Morgan fingerprint density at radius 2 is 2.05 bits per heavy atom. The molecule has 1 saturated carbocycles. The van der Waals surface area contributed by atoms with Gasteiger partial charge >= 0.3 is 0 Å². The molecule has 0 radical (unpaired) electrons. The molecule has 1 aliphatic carbocycles. The van der Waals surface area contributed by atoms with Gasteiger partial charge in [-0.05, 0) is 18.9 Å². The number of aromatic nitrogens is 2. The Balaban J connectivity index is 1.68. The monoisotopic (exact) mass is 273 g/mol. The van der Waals surface area contributed by atoms with Crippen LogP contribution in [0.5, 0.6) is 0 Å². The number of nitrogens with one attached hydrogen (secondary N) is 1. The molecular formula is C16H23N3O. The van der Waals surface area contributed by atoms with Crippen LogP contribution in [0.4, 0.5) is 0 Å². The number of rotatable bonds is 5. The molecule has 1 aromatic carbocycles. The first-order valence-corrected chi connectivity index (χ1v) is 7.46. The number of hydrogen-bond acceptors (Lipinski definition) is 3. The first-order valence-electron chi connectivity index (χ1n) is 7.46. The van der Waals surface area contributed by atoms with E-state index >= 15 is 0 Å². The molecule has 0 spiro atoms. The molecule has 0 amide bonds. The van der Waals surface area contributed by atoms with Gasteiger partial charge in [0.1, 0.15) is 0 Å². The smallest absolute Gasteiger partial charge is 0.0841 e. The topological polar surface area (TPSA) is 50.1 Å². The Labute approximate surface area is 119 Å². The van der Waals surface area contributed by atoms with Crippen LogP contribution in [0.2, 0.25) is 0 Å². The van der Waals surface area contributed by atoms with Gasteiger partial charge in [0.15, 0.2) is 0 Å². The Morgan fingerprint density at radius 3 is 2.80 bits per heavy atom. The third-order valence-electron chi connectivity index (χ3n) is 4.63. The highest BCUT2D eigenvalue weighted by Crippen LogP contribution is 2.36. The molecule has 4 heteroatoms. The van der Waals surface area contributed by atoms with Gasteiger partial charge < -0.3 is 10.4 Å². The number of benzene rings is 1. The summed E-state index contributed by atoms with van der Waals surface area (Å²) in [6.45, 7) is 1.94. The van der Waals surface area contributed by atoms with E-state index in [4.69, 9.17) is 0 Å². The molecule has 1 aliphatic rings. The van der Waals surface area contributed by atoms with Crippen molar-refractivity contribution in [2.24, 2.45) is 12.5 Å². The maximum absolute atomic E-state index is 9.63. The van der Waals surface area contributed by atoms with Crippen molar-refractivity contribution < 1.29 is 5.11 Å². The van der Waals surface area contributed by atoms with Gasteiger partial charge in [-0.3, -0.25) is 4.68 Å². The van der Waals surface area contributed by atoms with E-state index in [-0.39, 0.29) is 5.41 Å². The summed E-state index contributed by atoms with van der Waals surface area (Å²) in [4.78, 5) is 0. The number of aliphatic hydroxyl groups is 1. The van der Waals surface area contributed by atoms with Gasteiger partial charge in [0, 0.05) is 37.5 Å². The van der Waals surface area contributed by atoms with Gasteiger partial charge in [0.25, 0.3) is 0 Å². The molecule has 1 fully saturated rings. The van der Waals surface area contributed by atoms with Crippen molar-refractivity contribution >= 4 is 10.9 Å². The SMILES string of the molecule is Cn1nc(CNCC2(CO)CCCC2)c2ccccc21. The molecule has 3 rings (SSSR count). The van der Waals surface area contributed by atoms with Crippen molar-refractivity contribution in [1.82, 2.24) is 15.1 Å². The van der Waals surface area contributed by atoms with E-state index in [0.717, 1.165) is 31.6 Å². The number of aryl methyl sites for hydroxylation is 1. The molecule has 1 aromatic heterocycles. The fourth-order valence-corrected chi connectivity index (χ4v) is 3.38. The lowest BCUT2D eigenvalue weighted by atomic mass is 9.87. The Morgan fingerprint density at radius 1 is 1.30 bits per heavy atom. The van der Waals surface area contributed by atoms with Gasteiger partial charge in [0.2, 0.25) is 0 Å². The van der Waals surface area contributed by atoms with Crippen LogP contribution in [-0.2, 0) is 13.6 Å². The van der Waals surface area contributed by atoms with Gasteiger partial charge in [-0.2, -0.15) is 5.10 Å². The number of nitrogens with zero attached hydrogens (tertiary/aromatic N) is 2. The van der Waals surface area contributed by atoms with E-state index in [1.165, 1.54) is 23.7 Å². The number of para-hydroxylation sites is 1. The second-order valence-corrected chi connectivity index (χ2v) is 6.06. The van der Waals surface area contributed by atoms with Crippen LogP contribution in [0.1, 0.15) is 31.4 Å². The van der Waals surface area contributed by atoms with Crippen molar-refractivity contribution in [1.29, 1.82) is 0 Å². The normalized spacial score (nSPS) is 17.9. The van der Waals surface area contributed by atoms with E-state index in [0.29, 0.717) is 6.61 Å². The molecule has 0 unspecified atom stereocenters. The summed E-state index contributed by atoms with van der Waals surface area (Å²) in [7, 11) is 1.98. The number of hydrogen-bond donors (Lipinski definition) is 2. The molecule has 1 heterocycles. The molecule has 2 N–H and O–H groups in total. The quantitative estimate of drug-likeness (QED) is 0.878. The van der Waals surface area contributed by atoms with Gasteiger partial charge in [-0.25, -0.2) is 0 Å². The summed E-state index contributed by atoms with van der Waals surface area (Å²) in [6.07, 6.45) is 4.77. The van der Waals surface area contributed by atoms with Crippen LogP contribution in [0, 0.1) is 5.41 Å². The lowest BCUT2D eigenvalue weighted by Crippen LogP contribution is -2.34. The third-order valence-corrected chi connectivity index (χ3v) is 4.63. The summed E-state index contributed by atoms with van der Waals surface area (Å²) in [5, 5.41) is 18.9. The molecular weight excluding hydrogens is 250 g/mol. The molecule has 0 bridgehead atoms. The second-order valence-electron chi connectivity index (χ2n) is 6.06. The molecule has 0 saturated heterocycles. The number of aliphatic hydroxyl groups excluding tert-OH is 1. The van der Waals surface area contributed by atoms with Crippen molar-refractivity contribution in [3.63, 3.8) is 0 Å². The first-order chi connectivity index (χ1) is 9.74. The number of fused-ring (bicyclic) bond motifs is 1. The minimum absolute atomic E-state index is 0.102. The van der Waals surface area contributed by atoms with Gasteiger partial charge in [-0.1, -0.05) is 31.0 Å². The fourth-order valence-electron chi connectivity index (χ4n) is 3.38. The average molecular weight is 273 g/mol. The molecule has 20 heavy (non-hydrogen) atoms. The van der Waals surface area contributed by atoms with E-state index in [9.17, 15) is 5.11 Å². The predicted molar refractivity (Wildman–Crippen MR) is 80.4 cm³/mol.